The highest BCUT2D eigenvalue weighted by Gasteiger charge is 2.04. The Morgan fingerprint density at radius 3 is 2.57 bits per heavy atom. The van der Waals surface area contributed by atoms with Crippen molar-refractivity contribution in [3.05, 3.63) is 47.2 Å². The van der Waals surface area contributed by atoms with Crippen molar-refractivity contribution in [3.8, 4) is 0 Å². The number of hydrogen-bond acceptors (Lipinski definition) is 4. The number of halogens is 2. The Morgan fingerprint density at radius 2 is 1.86 bits per heavy atom. The summed E-state index contributed by atoms with van der Waals surface area (Å²) < 4.78 is 26.0. The zero-order chi connectivity index (χ0) is 15.2. The van der Waals surface area contributed by atoms with Crippen molar-refractivity contribution in [1.29, 1.82) is 0 Å². The van der Waals surface area contributed by atoms with Gasteiger partial charge in [-0.3, -0.25) is 0 Å². The zero-order valence-electron chi connectivity index (χ0n) is 12.1. The fraction of sp³-hybridized carbons (Fsp3) is 0.333. The summed E-state index contributed by atoms with van der Waals surface area (Å²) in [5.74, 6) is -0.489. The maximum absolute atomic E-state index is 13.1. The van der Waals surface area contributed by atoms with Crippen molar-refractivity contribution >= 4 is 11.8 Å². The van der Waals surface area contributed by atoms with E-state index in [2.05, 4.69) is 27.5 Å². The number of aromatic nitrogens is 2. The van der Waals surface area contributed by atoms with E-state index in [-0.39, 0.29) is 0 Å². The molecule has 0 aliphatic rings. The lowest BCUT2D eigenvalue weighted by Gasteiger charge is -2.09. The molecule has 0 bridgehead atoms. The van der Waals surface area contributed by atoms with Gasteiger partial charge in [0.1, 0.15) is 5.82 Å². The third-order valence-corrected chi connectivity index (χ3v) is 2.84. The molecule has 0 aliphatic heterocycles. The number of nitrogens with zero attached hydrogens (tertiary/aromatic N) is 2. The first-order chi connectivity index (χ1) is 10.1. The number of rotatable bonds is 6. The fourth-order valence-electron chi connectivity index (χ4n) is 1.82. The van der Waals surface area contributed by atoms with Crippen LogP contribution < -0.4 is 10.6 Å². The molecular weight excluding hydrogens is 274 g/mol. The van der Waals surface area contributed by atoms with Crippen LogP contribution in [0.25, 0.3) is 0 Å². The molecule has 1 aromatic heterocycles. The molecule has 0 fully saturated rings. The first kappa shape index (κ1) is 15.2. The average Bonchev–Trinajstić information content (AvgIpc) is 2.46. The second kappa shape index (κ2) is 6.97. The number of benzene rings is 1. The Hall–Kier alpha value is -2.24. The predicted molar refractivity (Wildman–Crippen MR) is 79.2 cm³/mol. The Labute approximate surface area is 122 Å². The summed E-state index contributed by atoms with van der Waals surface area (Å²) in [5.41, 5.74) is 1.48. The van der Waals surface area contributed by atoms with Crippen LogP contribution in [-0.2, 0) is 6.54 Å². The molecule has 0 unspecified atom stereocenters. The standard InChI is InChI=1S/C15H18F2N4/c1-3-6-18-15-20-10(2)7-14(21-15)19-9-11-4-5-12(16)13(17)8-11/h4-5,7-8H,3,6,9H2,1-2H3,(H2,18,19,20,21). The summed E-state index contributed by atoms with van der Waals surface area (Å²) in [6.45, 7) is 5.10. The Morgan fingerprint density at radius 1 is 1.05 bits per heavy atom. The zero-order valence-corrected chi connectivity index (χ0v) is 12.1. The maximum Gasteiger partial charge on any atom is 0.224 e. The van der Waals surface area contributed by atoms with Crippen molar-refractivity contribution in [3.63, 3.8) is 0 Å². The molecule has 0 amide bonds. The summed E-state index contributed by atoms with van der Waals surface area (Å²) in [7, 11) is 0. The van der Waals surface area contributed by atoms with E-state index < -0.39 is 11.6 Å². The van der Waals surface area contributed by atoms with Crippen LogP contribution in [-0.4, -0.2) is 16.5 Å². The molecule has 1 aromatic carbocycles. The average molecular weight is 292 g/mol. The van der Waals surface area contributed by atoms with E-state index in [0.717, 1.165) is 24.7 Å². The van der Waals surface area contributed by atoms with Gasteiger partial charge in [-0.2, -0.15) is 4.98 Å². The summed E-state index contributed by atoms with van der Waals surface area (Å²) in [5, 5.41) is 6.20. The fourth-order valence-corrected chi connectivity index (χ4v) is 1.82. The number of hydrogen-bond donors (Lipinski definition) is 2. The SMILES string of the molecule is CCCNc1nc(C)cc(NCc2ccc(F)c(F)c2)n1. The van der Waals surface area contributed by atoms with Crippen LogP contribution in [0.2, 0.25) is 0 Å². The molecule has 0 atom stereocenters. The van der Waals surface area contributed by atoms with E-state index in [0.29, 0.717) is 23.9 Å². The lowest BCUT2D eigenvalue weighted by Crippen LogP contribution is -2.08. The second-order valence-electron chi connectivity index (χ2n) is 4.75. The highest BCUT2D eigenvalue weighted by Crippen LogP contribution is 2.13. The number of nitrogens with one attached hydrogen (secondary N) is 2. The van der Waals surface area contributed by atoms with Crippen molar-refractivity contribution in [2.24, 2.45) is 0 Å². The molecule has 2 aromatic rings. The highest BCUT2D eigenvalue weighted by molar-refractivity contribution is 5.42. The van der Waals surface area contributed by atoms with Gasteiger partial charge in [-0.15, -0.1) is 0 Å². The Bertz CT molecular complexity index is 617. The van der Waals surface area contributed by atoms with Crippen LogP contribution in [0.3, 0.4) is 0 Å². The lowest BCUT2D eigenvalue weighted by atomic mass is 10.2. The van der Waals surface area contributed by atoms with Gasteiger partial charge in [0.05, 0.1) is 0 Å². The normalized spacial score (nSPS) is 10.5. The molecule has 1 heterocycles. The summed E-state index contributed by atoms with van der Waals surface area (Å²) in [6.07, 6.45) is 0.981. The van der Waals surface area contributed by atoms with E-state index in [1.165, 1.54) is 12.1 Å². The van der Waals surface area contributed by atoms with E-state index >= 15 is 0 Å². The molecule has 112 valence electrons. The van der Waals surface area contributed by atoms with Crippen LogP contribution >= 0.6 is 0 Å². The van der Waals surface area contributed by atoms with Crippen molar-refractivity contribution in [1.82, 2.24) is 9.97 Å². The molecular formula is C15H18F2N4. The van der Waals surface area contributed by atoms with E-state index in [1.807, 2.05) is 6.92 Å². The third kappa shape index (κ3) is 4.37. The minimum atomic E-state index is -0.849. The predicted octanol–water partition coefficient (Wildman–Crippen LogP) is 3.50. The van der Waals surface area contributed by atoms with Gasteiger partial charge in [0.25, 0.3) is 0 Å². The third-order valence-electron chi connectivity index (χ3n) is 2.84. The monoisotopic (exact) mass is 292 g/mol. The van der Waals surface area contributed by atoms with Crippen molar-refractivity contribution in [2.75, 3.05) is 17.2 Å². The van der Waals surface area contributed by atoms with Gasteiger partial charge in [0.15, 0.2) is 11.6 Å². The van der Waals surface area contributed by atoms with E-state index in [9.17, 15) is 8.78 Å². The largest absolute Gasteiger partial charge is 0.366 e. The first-order valence-electron chi connectivity index (χ1n) is 6.86. The minimum absolute atomic E-state index is 0.362. The topological polar surface area (TPSA) is 49.8 Å². The number of anilines is 2. The van der Waals surface area contributed by atoms with E-state index in [4.69, 9.17) is 0 Å². The molecule has 0 saturated carbocycles. The molecule has 4 nitrogen and oxygen atoms in total. The molecule has 21 heavy (non-hydrogen) atoms. The smallest absolute Gasteiger partial charge is 0.224 e. The van der Waals surface area contributed by atoms with Gasteiger partial charge in [-0.1, -0.05) is 13.0 Å². The van der Waals surface area contributed by atoms with Crippen LogP contribution in [0, 0.1) is 18.6 Å². The van der Waals surface area contributed by atoms with Crippen LogP contribution in [0.5, 0.6) is 0 Å². The van der Waals surface area contributed by atoms with Gasteiger partial charge in [-0.05, 0) is 31.0 Å². The lowest BCUT2D eigenvalue weighted by molar-refractivity contribution is 0.507. The van der Waals surface area contributed by atoms with Gasteiger partial charge >= 0.3 is 0 Å². The summed E-state index contributed by atoms with van der Waals surface area (Å²) in [6, 6.07) is 5.63. The van der Waals surface area contributed by atoms with Gasteiger partial charge < -0.3 is 10.6 Å². The second-order valence-corrected chi connectivity index (χ2v) is 4.75. The quantitative estimate of drug-likeness (QED) is 0.855. The first-order valence-corrected chi connectivity index (χ1v) is 6.86. The van der Waals surface area contributed by atoms with Crippen LogP contribution in [0.15, 0.2) is 24.3 Å². The van der Waals surface area contributed by atoms with Crippen molar-refractivity contribution < 1.29 is 8.78 Å². The molecule has 2 N–H and O–H groups in total. The molecule has 0 saturated heterocycles. The Balaban J connectivity index is 2.05. The molecule has 6 heteroatoms. The molecule has 0 radical (unpaired) electrons. The van der Waals surface area contributed by atoms with Crippen molar-refractivity contribution in [2.45, 2.75) is 26.8 Å². The summed E-state index contributed by atoms with van der Waals surface area (Å²) >= 11 is 0. The molecule has 0 aliphatic carbocycles. The molecule has 0 spiro atoms. The van der Waals surface area contributed by atoms with Gasteiger partial charge in [0, 0.05) is 24.8 Å². The minimum Gasteiger partial charge on any atom is -0.366 e. The Kier molecular flexibility index (Phi) is 5.03. The molecule has 2 rings (SSSR count). The van der Waals surface area contributed by atoms with E-state index in [1.54, 1.807) is 6.07 Å². The van der Waals surface area contributed by atoms with Gasteiger partial charge in [-0.25, -0.2) is 13.8 Å². The van der Waals surface area contributed by atoms with Crippen LogP contribution in [0.4, 0.5) is 20.5 Å². The maximum atomic E-state index is 13.1. The van der Waals surface area contributed by atoms with Crippen LogP contribution in [0.1, 0.15) is 24.6 Å². The summed E-state index contributed by atoms with van der Waals surface area (Å²) in [4.78, 5) is 8.61. The highest BCUT2D eigenvalue weighted by atomic mass is 19.2. The van der Waals surface area contributed by atoms with Gasteiger partial charge in [0.2, 0.25) is 5.95 Å². The number of aryl methyl sites for hydroxylation is 1.